The Balaban J connectivity index is 1.70. The van der Waals surface area contributed by atoms with Crippen molar-refractivity contribution in [2.24, 2.45) is 0 Å². The smallest absolute Gasteiger partial charge is 0.255 e. The quantitative estimate of drug-likeness (QED) is 0.634. The summed E-state index contributed by atoms with van der Waals surface area (Å²) in [7, 11) is 1.49. The summed E-state index contributed by atoms with van der Waals surface area (Å²) < 4.78 is 0. The van der Waals surface area contributed by atoms with Crippen LogP contribution in [0.15, 0.2) is 66.7 Å². The number of phenolic OH excluding ortho intramolecular Hbond substituents is 1. The zero-order valence-electron chi connectivity index (χ0n) is 15.8. The van der Waals surface area contributed by atoms with Crippen LogP contribution in [0.2, 0.25) is 0 Å². The lowest BCUT2D eigenvalue weighted by molar-refractivity contribution is 0.0962. The third-order valence-corrected chi connectivity index (χ3v) is 4.41. The van der Waals surface area contributed by atoms with E-state index < -0.39 is 5.91 Å². The molecule has 0 bridgehead atoms. The summed E-state index contributed by atoms with van der Waals surface area (Å²) in [5.41, 5.74) is 4.67. The predicted octanol–water partition coefficient (Wildman–Crippen LogP) is 3.90. The molecule has 5 nitrogen and oxygen atoms in total. The lowest BCUT2D eigenvalue weighted by atomic mass is 10.0. The van der Waals surface area contributed by atoms with Gasteiger partial charge in [-0.05, 0) is 54.8 Å². The van der Waals surface area contributed by atoms with Crippen LogP contribution in [0, 0.1) is 6.92 Å². The highest BCUT2D eigenvalue weighted by atomic mass is 16.3. The van der Waals surface area contributed by atoms with Crippen molar-refractivity contribution in [1.82, 2.24) is 5.32 Å². The maximum absolute atomic E-state index is 12.5. The Morgan fingerprint density at radius 2 is 1.36 bits per heavy atom. The average molecular weight is 374 g/mol. The molecule has 0 spiro atoms. The molecule has 3 rings (SSSR count). The first-order valence-corrected chi connectivity index (χ1v) is 8.96. The van der Waals surface area contributed by atoms with Crippen LogP contribution in [-0.2, 0) is 6.42 Å². The van der Waals surface area contributed by atoms with E-state index in [4.69, 9.17) is 0 Å². The number of amides is 2. The molecule has 3 aromatic carbocycles. The number of carbonyl (C=O) groups excluding carboxylic acids is 2. The lowest BCUT2D eigenvalue weighted by Gasteiger charge is -2.09. The number of hydrogen-bond donors (Lipinski definition) is 3. The van der Waals surface area contributed by atoms with E-state index in [0.29, 0.717) is 5.69 Å². The second-order valence-electron chi connectivity index (χ2n) is 6.66. The largest absolute Gasteiger partial charge is 0.508 e. The Kier molecular flexibility index (Phi) is 5.75. The predicted molar refractivity (Wildman–Crippen MR) is 110 cm³/mol. The minimum atomic E-state index is -0.396. The standard InChI is InChI=1S/C23H22N2O3/c1-15-3-5-16(6-4-15)11-17-7-9-20(10-8-17)25-23(28)19-12-18(22(27)24-2)13-21(26)14-19/h3-10,12-14,26H,11H2,1-2H3,(H,24,27)(H,25,28). The van der Waals surface area contributed by atoms with Gasteiger partial charge >= 0.3 is 0 Å². The molecule has 2 amide bonds. The SMILES string of the molecule is CNC(=O)c1cc(O)cc(C(=O)Nc2ccc(Cc3ccc(C)cc3)cc2)c1. The molecule has 3 N–H and O–H groups in total. The molecule has 0 atom stereocenters. The van der Waals surface area contributed by atoms with Gasteiger partial charge in [-0.3, -0.25) is 9.59 Å². The van der Waals surface area contributed by atoms with E-state index in [1.165, 1.54) is 36.4 Å². The second kappa shape index (κ2) is 8.39. The fraction of sp³-hybridized carbons (Fsp3) is 0.130. The molecule has 0 aliphatic heterocycles. The van der Waals surface area contributed by atoms with Crippen molar-refractivity contribution in [3.63, 3.8) is 0 Å². The Morgan fingerprint density at radius 3 is 1.93 bits per heavy atom. The maximum atomic E-state index is 12.5. The van der Waals surface area contributed by atoms with Crippen LogP contribution < -0.4 is 10.6 Å². The first-order valence-electron chi connectivity index (χ1n) is 8.96. The van der Waals surface area contributed by atoms with Gasteiger partial charge < -0.3 is 15.7 Å². The number of phenols is 1. The molecule has 3 aromatic rings. The zero-order valence-corrected chi connectivity index (χ0v) is 15.8. The van der Waals surface area contributed by atoms with Gasteiger partial charge in [0.05, 0.1) is 0 Å². The van der Waals surface area contributed by atoms with Crippen molar-refractivity contribution in [3.8, 4) is 5.75 Å². The molecule has 142 valence electrons. The minimum Gasteiger partial charge on any atom is -0.508 e. The van der Waals surface area contributed by atoms with Crippen LogP contribution in [-0.4, -0.2) is 24.0 Å². The van der Waals surface area contributed by atoms with E-state index >= 15 is 0 Å². The van der Waals surface area contributed by atoms with Gasteiger partial charge in [0.25, 0.3) is 11.8 Å². The summed E-state index contributed by atoms with van der Waals surface area (Å²) in [5, 5.41) is 15.0. The van der Waals surface area contributed by atoms with Crippen molar-refractivity contribution in [2.45, 2.75) is 13.3 Å². The molecule has 0 unspecified atom stereocenters. The molecule has 0 heterocycles. The van der Waals surface area contributed by atoms with Gasteiger partial charge in [-0.2, -0.15) is 0 Å². The second-order valence-corrected chi connectivity index (χ2v) is 6.66. The van der Waals surface area contributed by atoms with Crippen LogP contribution in [0.1, 0.15) is 37.4 Å². The number of benzene rings is 3. The lowest BCUT2D eigenvalue weighted by Crippen LogP contribution is -2.19. The third kappa shape index (κ3) is 4.76. The molecule has 28 heavy (non-hydrogen) atoms. The van der Waals surface area contributed by atoms with E-state index in [9.17, 15) is 14.7 Å². The molecule has 5 heteroatoms. The van der Waals surface area contributed by atoms with Gasteiger partial charge in [0.2, 0.25) is 0 Å². The number of aryl methyl sites for hydroxylation is 1. The van der Waals surface area contributed by atoms with Crippen molar-refractivity contribution in [1.29, 1.82) is 0 Å². The normalized spacial score (nSPS) is 10.4. The Hall–Kier alpha value is -3.60. The first-order chi connectivity index (χ1) is 13.4. The summed E-state index contributed by atoms with van der Waals surface area (Å²) in [6, 6.07) is 20.1. The van der Waals surface area contributed by atoms with Crippen molar-refractivity contribution < 1.29 is 14.7 Å². The number of hydrogen-bond acceptors (Lipinski definition) is 3. The van der Waals surface area contributed by atoms with Crippen LogP contribution in [0.4, 0.5) is 5.69 Å². The Morgan fingerprint density at radius 1 is 0.821 bits per heavy atom. The van der Waals surface area contributed by atoms with Crippen LogP contribution >= 0.6 is 0 Å². The van der Waals surface area contributed by atoms with Gasteiger partial charge in [-0.1, -0.05) is 42.0 Å². The number of carbonyl (C=O) groups is 2. The Labute approximate surface area is 164 Å². The number of nitrogens with one attached hydrogen (secondary N) is 2. The number of anilines is 1. The topological polar surface area (TPSA) is 78.4 Å². The fourth-order valence-electron chi connectivity index (χ4n) is 2.87. The van der Waals surface area contributed by atoms with Gasteiger partial charge in [0.15, 0.2) is 0 Å². The van der Waals surface area contributed by atoms with E-state index in [0.717, 1.165) is 12.0 Å². The number of rotatable bonds is 5. The van der Waals surface area contributed by atoms with Gasteiger partial charge in [-0.25, -0.2) is 0 Å². The molecule has 0 radical (unpaired) electrons. The summed E-state index contributed by atoms with van der Waals surface area (Å²) in [6.45, 7) is 2.06. The van der Waals surface area contributed by atoms with Gasteiger partial charge in [0, 0.05) is 23.9 Å². The molecule has 0 fully saturated rings. The van der Waals surface area contributed by atoms with Crippen molar-refractivity contribution in [2.75, 3.05) is 12.4 Å². The zero-order chi connectivity index (χ0) is 20.1. The molecule has 0 saturated heterocycles. The van der Waals surface area contributed by atoms with Crippen LogP contribution in [0.25, 0.3) is 0 Å². The average Bonchev–Trinajstić information content (AvgIpc) is 2.70. The highest BCUT2D eigenvalue weighted by Crippen LogP contribution is 2.19. The molecular weight excluding hydrogens is 352 g/mol. The summed E-state index contributed by atoms with van der Waals surface area (Å²) >= 11 is 0. The third-order valence-electron chi connectivity index (χ3n) is 4.41. The first kappa shape index (κ1) is 19.2. The summed E-state index contributed by atoms with van der Waals surface area (Å²) in [4.78, 5) is 24.2. The maximum Gasteiger partial charge on any atom is 0.255 e. The van der Waals surface area contributed by atoms with E-state index in [1.807, 2.05) is 24.3 Å². The fourth-order valence-corrected chi connectivity index (χ4v) is 2.87. The van der Waals surface area contributed by atoms with Crippen LogP contribution in [0.5, 0.6) is 5.75 Å². The van der Waals surface area contributed by atoms with Gasteiger partial charge in [-0.15, -0.1) is 0 Å². The van der Waals surface area contributed by atoms with E-state index in [2.05, 4.69) is 41.8 Å². The summed E-state index contributed by atoms with van der Waals surface area (Å²) in [5.74, 6) is -0.905. The molecule has 0 aromatic heterocycles. The molecule has 0 aliphatic carbocycles. The highest BCUT2D eigenvalue weighted by molar-refractivity contribution is 6.06. The summed E-state index contributed by atoms with van der Waals surface area (Å²) in [6.07, 6.45) is 0.816. The van der Waals surface area contributed by atoms with Crippen molar-refractivity contribution in [3.05, 3.63) is 94.5 Å². The minimum absolute atomic E-state index is 0.139. The molecule has 0 saturated carbocycles. The van der Waals surface area contributed by atoms with Crippen molar-refractivity contribution >= 4 is 17.5 Å². The van der Waals surface area contributed by atoms with Gasteiger partial charge in [0.1, 0.15) is 5.75 Å². The number of aromatic hydroxyl groups is 1. The Bertz CT molecular complexity index is 993. The molecule has 0 aliphatic rings. The monoisotopic (exact) mass is 374 g/mol. The highest BCUT2D eigenvalue weighted by Gasteiger charge is 2.12. The van der Waals surface area contributed by atoms with E-state index in [-0.39, 0.29) is 22.8 Å². The molecular formula is C23H22N2O3. The van der Waals surface area contributed by atoms with E-state index in [1.54, 1.807) is 0 Å². The van der Waals surface area contributed by atoms with Crippen LogP contribution in [0.3, 0.4) is 0 Å².